The first-order valence-electron chi connectivity index (χ1n) is 9.25. The van der Waals surface area contributed by atoms with Crippen LogP contribution in [0.15, 0.2) is 78.9 Å². The van der Waals surface area contributed by atoms with E-state index < -0.39 is 12.6 Å². The topological polar surface area (TPSA) is 81.7 Å². The van der Waals surface area contributed by atoms with Crippen LogP contribution in [0.4, 0.5) is 5.69 Å². The number of carbonyl (C=O) groups excluding carboxylic acids is 2. The molecule has 1 atom stereocenters. The van der Waals surface area contributed by atoms with Gasteiger partial charge in [-0.3, -0.25) is 4.79 Å². The van der Waals surface area contributed by atoms with Crippen LogP contribution >= 0.6 is 0 Å². The van der Waals surface area contributed by atoms with Crippen molar-refractivity contribution in [2.45, 2.75) is 12.7 Å². The van der Waals surface area contributed by atoms with E-state index in [-0.39, 0.29) is 12.1 Å². The average molecular weight is 387 g/mol. The molecule has 0 fully saturated rings. The molecule has 0 bridgehead atoms. The Balaban J connectivity index is 1.65. The fourth-order valence-corrected chi connectivity index (χ4v) is 3.39. The molecular weight excluding hydrogens is 368 g/mol. The highest BCUT2D eigenvalue weighted by Gasteiger charge is 2.32. The van der Waals surface area contributed by atoms with E-state index in [4.69, 9.17) is 4.74 Å². The molecule has 4 rings (SSSR count). The Morgan fingerprint density at radius 3 is 2.38 bits per heavy atom. The van der Waals surface area contributed by atoms with Crippen molar-refractivity contribution in [3.8, 4) is 5.75 Å². The zero-order valence-corrected chi connectivity index (χ0v) is 15.6. The van der Waals surface area contributed by atoms with Crippen LogP contribution in [0, 0.1) is 0 Å². The molecule has 0 aliphatic carbocycles. The zero-order chi connectivity index (χ0) is 20.2. The molecule has 0 aromatic heterocycles. The Hall–Kier alpha value is -3.80. The lowest BCUT2D eigenvalue weighted by atomic mass is 10.0. The summed E-state index contributed by atoms with van der Waals surface area (Å²) in [6.45, 7) is -0.0539. The number of rotatable bonds is 6. The van der Waals surface area contributed by atoms with Gasteiger partial charge in [0.15, 0.2) is 0 Å². The third kappa shape index (κ3) is 4.06. The van der Waals surface area contributed by atoms with E-state index in [2.05, 4.69) is 5.32 Å². The molecule has 0 spiro atoms. The van der Waals surface area contributed by atoms with Gasteiger partial charge in [-0.1, -0.05) is 54.6 Å². The summed E-state index contributed by atoms with van der Waals surface area (Å²) in [4.78, 5) is 25.6. The molecule has 1 N–H and O–H groups in total. The first kappa shape index (κ1) is 18.6. The molecule has 29 heavy (non-hydrogen) atoms. The van der Waals surface area contributed by atoms with E-state index in [0.717, 1.165) is 16.8 Å². The maximum atomic E-state index is 13.2. The van der Waals surface area contributed by atoms with Crippen molar-refractivity contribution in [3.63, 3.8) is 0 Å². The molecule has 1 heterocycles. The van der Waals surface area contributed by atoms with Crippen LogP contribution in [0.3, 0.4) is 0 Å². The number of amides is 1. The monoisotopic (exact) mass is 387 g/mol. The van der Waals surface area contributed by atoms with Crippen LogP contribution in [0.1, 0.15) is 27.7 Å². The number of fused-ring (bicyclic) bond motifs is 1. The molecule has 0 unspecified atom stereocenters. The Labute approximate surface area is 168 Å². The van der Waals surface area contributed by atoms with E-state index in [1.807, 2.05) is 66.7 Å². The second kappa shape index (κ2) is 8.06. The standard InChI is InChI=1S/C23H20N2O4/c26-21(27)15-29-18-12-10-17(11-13-18)22-24-20-9-5-4-8-19(20)23(28)25(22)14-16-6-2-1-3-7-16/h1-13,22,24H,14-15H2,(H,26,27)/p-1/t22-/m0/s1. The summed E-state index contributed by atoms with van der Waals surface area (Å²) in [5, 5.41) is 14.0. The van der Waals surface area contributed by atoms with Crippen molar-refractivity contribution in [2.24, 2.45) is 0 Å². The van der Waals surface area contributed by atoms with E-state index in [0.29, 0.717) is 17.9 Å². The fourth-order valence-electron chi connectivity index (χ4n) is 3.39. The lowest BCUT2D eigenvalue weighted by molar-refractivity contribution is -0.307. The van der Waals surface area contributed by atoms with E-state index >= 15 is 0 Å². The highest BCUT2D eigenvalue weighted by atomic mass is 16.5. The molecular formula is C23H19N2O4-. The SMILES string of the molecule is O=C([O-])COc1ccc([C@H]2Nc3ccccc3C(=O)N2Cc2ccccc2)cc1. The van der Waals surface area contributed by atoms with E-state index in [1.165, 1.54) is 0 Å². The molecule has 1 amide bonds. The summed E-state index contributed by atoms with van der Waals surface area (Å²) in [5.41, 5.74) is 3.31. The number of anilines is 1. The van der Waals surface area contributed by atoms with E-state index in [9.17, 15) is 14.7 Å². The third-order valence-electron chi connectivity index (χ3n) is 4.77. The molecule has 6 nitrogen and oxygen atoms in total. The Morgan fingerprint density at radius 1 is 0.966 bits per heavy atom. The van der Waals surface area contributed by atoms with Gasteiger partial charge < -0.3 is 24.9 Å². The number of benzene rings is 3. The summed E-state index contributed by atoms with van der Waals surface area (Å²) in [6.07, 6.45) is -0.368. The molecule has 3 aromatic rings. The van der Waals surface area contributed by atoms with Gasteiger partial charge in [0.05, 0.1) is 11.5 Å². The van der Waals surface area contributed by atoms with Crippen LogP contribution < -0.4 is 15.2 Å². The lowest BCUT2D eigenvalue weighted by Crippen LogP contribution is -2.42. The average Bonchev–Trinajstić information content (AvgIpc) is 2.75. The number of nitrogens with zero attached hydrogens (tertiary/aromatic N) is 1. The van der Waals surface area contributed by atoms with Crippen LogP contribution in [0.2, 0.25) is 0 Å². The molecule has 6 heteroatoms. The predicted molar refractivity (Wildman–Crippen MR) is 106 cm³/mol. The van der Waals surface area contributed by atoms with Crippen LogP contribution in [0.25, 0.3) is 0 Å². The minimum Gasteiger partial charge on any atom is -0.546 e. The fraction of sp³-hybridized carbons (Fsp3) is 0.130. The van der Waals surface area contributed by atoms with Crippen molar-refractivity contribution in [2.75, 3.05) is 11.9 Å². The number of carboxylic acids is 1. The quantitative estimate of drug-likeness (QED) is 0.703. The number of carboxylic acid groups (broad SMARTS) is 1. The van der Waals surface area contributed by atoms with Crippen molar-refractivity contribution in [1.82, 2.24) is 4.90 Å². The number of aliphatic carboxylic acids is 1. The lowest BCUT2D eigenvalue weighted by Gasteiger charge is -2.38. The zero-order valence-electron chi connectivity index (χ0n) is 15.6. The highest BCUT2D eigenvalue weighted by Crippen LogP contribution is 2.34. The van der Waals surface area contributed by atoms with Gasteiger partial charge in [0, 0.05) is 12.2 Å². The predicted octanol–water partition coefficient (Wildman–Crippen LogP) is 2.58. The summed E-state index contributed by atoms with van der Waals surface area (Å²) < 4.78 is 5.15. The molecule has 3 aromatic carbocycles. The first-order chi connectivity index (χ1) is 14.1. The third-order valence-corrected chi connectivity index (χ3v) is 4.77. The second-order valence-corrected chi connectivity index (χ2v) is 6.74. The van der Waals surface area contributed by atoms with Crippen molar-refractivity contribution in [1.29, 1.82) is 0 Å². The molecule has 1 aliphatic rings. The summed E-state index contributed by atoms with van der Waals surface area (Å²) in [7, 11) is 0. The second-order valence-electron chi connectivity index (χ2n) is 6.74. The molecule has 1 aliphatic heterocycles. The molecule has 0 radical (unpaired) electrons. The number of ether oxygens (including phenoxy) is 1. The molecule has 0 saturated heterocycles. The van der Waals surface area contributed by atoms with Gasteiger partial charge >= 0.3 is 0 Å². The Kier molecular flexibility index (Phi) is 5.16. The van der Waals surface area contributed by atoms with Crippen LogP contribution in [-0.4, -0.2) is 23.4 Å². The first-order valence-corrected chi connectivity index (χ1v) is 9.25. The minimum absolute atomic E-state index is 0.0505. The number of carbonyl (C=O) groups is 2. The van der Waals surface area contributed by atoms with Gasteiger partial charge in [0.25, 0.3) is 5.91 Å². The number of hydrogen-bond acceptors (Lipinski definition) is 5. The smallest absolute Gasteiger partial charge is 0.258 e. The number of hydrogen-bond donors (Lipinski definition) is 1. The van der Waals surface area contributed by atoms with E-state index in [1.54, 1.807) is 17.0 Å². The Bertz CT molecular complexity index is 1020. The van der Waals surface area contributed by atoms with Crippen molar-refractivity contribution in [3.05, 3.63) is 95.6 Å². The van der Waals surface area contributed by atoms with Crippen LogP contribution in [-0.2, 0) is 11.3 Å². The normalized spacial score (nSPS) is 15.4. The minimum atomic E-state index is -1.28. The van der Waals surface area contributed by atoms with Gasteiger partial charge in [-0.2, -0.15) is 0 Å². The van der Waals surface area contributed by atoms with Crippen molar-refractivity contribution < 1.29 is 19.4 Å². The maximum Gasteiger partial charge on any atom is 0.258 e. The summed E-state index contributed by atoms with van der Waals surface area (Å²) >= 11 is 0. The largest absolute Gasteiger partial charge is 0.546 e. The highest BCUT2D eigenvalue weighted by molar-refractivity contribution is 6.01. The van der Waals surface area contributed by atoms with Gasteiger partial charge in [0.1, 0.15) is 18.5 Å². The summed E-state index contributed by atoms with van der Waals surface area (Å²) in [5.74, 6) is -0.903. The Morgan fingerprint density at radius 2 is 1.66 bits per heavy atom. The van der Waals surface area contributed by atoms with Gasteiger partial charge in [0.2, 0.25) is 0 Å². The summed E-state index contributed by atoms with van der Waals surface area (Å²) in [6, 6.07) is 24.3. The van der Waals surface area contributed by atoms with Gasteiger partial charge in [-0.25, -0.2) is 0 Å². The van der Waals surface area contributed by atoms with Gasteiger partial charge in [-0.05, 0) is 35.4 Å². The molecule has 146 valence electrons. The van der Waals surface area contributed by atoms with Crippen molar-refractivity contribution >= 4 is 17.6 Å². The molecule has 0 saturated carbocycles. The maximum absolute atomic E-state index is 13.2. The number of nitrogens with one attached hydrogen (secondary N) is 1. The number of para-hydroxylation sites is 1. The van der Waals surface area contributed by atoms with Crippen LogP contribution in [0.5, 0.6) is 5.75 Å². The van der Waals surface area contributed by atoms with Gasteiger partial charge in [-0.15, -0.1) is 0 Å².